The topological polar surface area (TPSA) is 46.3 Å². The summed E-state index contributed by atoms with van der Waals surface area (Å²) in [6.07, 6.45) is 3.16. The number of thioether (sulfide) groups is 1. The van der Waals surface area contributed by atoms with Crippen LogP contribution in [0.1, 0.15) is 11.1 Å². The van der Waals surface area contributed by atoms with Gasteiger partial charge in [-0.15, -0.1) is 11.8 Å². The molecule has 1 heterocycles. The lowest BCUT2D eigenvalue weighted by atomic mass is 10.1. The average Bonchev–Trinajstić information content (AvgIpc) is 3.08. The molecule has 1 aromatic heterocycles. The Labute approximate surface area is 127 Å². The van der Waals surface area contributed by atoms with Gasteiger partial charge in [-0.25, -0.2) is 4.98 Å². The van der Waals surface area contributed by atoms with Gasteiger partial charge in [0, 0.05) is 16.2 Å². The molecule has 0 spiro atoms. The number of oxazole rings is 1. The van der Waals surface area contributed by atoms with Crippen LogP contribution in [0, 0.1) is 0 Å². The number of hydrogen-bond acceptors (Lipinski definition) is 4. The van der Waals surface area contributed by atoms with Crippen LogP contribution in [0.4, 0.5) is 0 Å². The minimum atomic E-state index is 0.0787. The standard InChI is InChI=1S/C17H15NO2S/c19-10-13-3-2-6-16(8-13)21-11-14-4-1-5-15(7-14)17-9-18-12-20-17/h1-9,12,19H,10-11H2. The summed E-state index contributed by atoms with van der Waals surface area (Å²) < 4.78 is 5.32. The van der Waals surface area contributed by atoms with Crippen LogP contribution in [0.3, 0.4) is 0 Å². The van der Waals surface area contributed by atoms with Crippen molar-refractivity contribution in [1.82, 2.24) is 4.98 Å². The van der Waals surface area contributed by atoms with Crippen LogP contribution in [0.15, 0.2) is 70.4 Å². The maximum Gasteiger partial charge on any atom is 0.181 e. The van der Waals surface area contributed by atoms with E-state index >= 15 is 0 Å². The third kappa shape index (κ3) is 3.54. The Morgan fingerprint density at radius 1 is 1.05 bits per heavy atom. The maximum atomic E-state index is 9.16. The molecule has 4 heteroatoms. The van der Waals surface area contributed by atoms with Crippen molar-refractivity contribution < 1.29 is 9.52 Å². The third-order valence-electron chi connectivity index (χ3n) is 3.13. The van der Waals surface area contributed by atoms with Crippen molar-refractivity contribution in [1.29, 1.82) is 0 Å². The van der Waals surface area contributed by atoms with Crippen LogP contribution < -0.4 is 0 Å². The molecule has 3 rings (SSSR count). The Balaban J connectivity index is 1.72. The molecular formula is C17H15NO2S. The molecule has 21 heavy (non-hydrogen) atoms. The highest BCUT2D eigenvalue weighted by molar-refractivity contribution is 7.98. The molecule has 0 aliphatic rings. The number of nitrogens with zero attached hydrogens (tertiary/aromatic N) is 1. The molecule has 0 bridgehead atoms. The first-order valence-electron chi connectivity index (χ1n) is 6.65. The van der Waals surface area contributed by atoms with Crippen molar-refractivity contribution in [3.8, 4) is 11.3 Å². The van der Waals surface area contributed by atoms with Crippen molar-refractivity contribution in [3.05, 3.63) is 72.2 Å². The van der Waals surface area contributed by atoms with Crippen LogP contribution in [0.2, 0.25) is 0 Å². The Morgan fingerprint density at radius 2 is 1.90 bits per heavy atom. The molecule has 0 aliphatic heterocycles. The van der Waals surface area contributed by atoms with Gasteiger partial charge in [-0.05, 0) is 29.3 Å². The van der Waals surface area contributed by atoms with Gasteiger partial charge in [0.1, 0.15) is 0 Å². The molecule has 3 aromatic rings. The quantitative estimate of drug-likeness (QED) is 0.719. The van der Waals surface area contributed by atoms with E-state index in [1.807, 2.05) is 30.3 Å². The molecule has 0 atom stereocenters. The first-order valence-corrected chi connectivity index (χ1v) is 7.64. The van der Waals surface area contributed by atoms with Crippen LogP contribution in [-0.4, -0.2) is 10.1 Å². The van der Waals surface area contributed by atoms with Crippen molar-refractivity contribution in [3.63, 3.8) is 0 Å². The summed E-state index contributed by atoms with van der Waals surface area (Å²) >= 11 is 1.75. The lowest BCUT2D eigenvalue weighted by Crippen LogP contribution is -1.85. The number of aliphatic hydroxyl groups excluding tert-OH is 1. The molecule has 2 aromatic carbocycles. The molecule has 3 nitrogen and oxygen atoms in total. The maximum absolute atomic E-state index is 9.16. The fourth-order valence-electron chi connectivity index (χ4n) is 2.07. The molecule has 0 saturated carbocycles. The van der Waals surface area contributed by atoms with Crippen molar-refractivity contribution in [2.75, 3.05) is 0 Å². The number of rotatable bonds is 5. The highest BCUT2D eigenvalue weighted by Gasteiger charge is 2.03. The summed E-state index contributed by atoms with van der Waals surface area (Å²) in [5, 5.41) is 9.16. The SMILES string of the molecule is OCc1cccc(SCc2cccc(-c3cnco3)c2)c1. The molecule has 0 amide bonds. The van der Waals surface area contributed by atoms with E-state index in [1.54, 1.807) is 18.0 Å². The van der Waals surface area contributed by atoms with Crippen molar-refractivity contribution in [2.24, 2.45) is 0 Å². The van der Waals surface area contributed by atoms with Crippen molar-refractivity contribution >= 4 is 11.8 Å². The van der Waals surface area contributed by atoms with Crippen LogP contribution in [-0.2, 0) is 12.4 Å². The van der Waals surface area contributed by atoms with E-state index in [0.717, 1.165) is 27.5 Å². The zero-order valence-electron chi connectivity index (χ0n) is 11.4. The number of aliphatic hydroxyl groups is 1. The largest absolute Gasteiger partial charge is 0.444 e. The lowest BCUT2D eigenvalue weighted by Gasteiger charge is -2.05. The third-order valence-corrected chi connectivity index (χ3v) is 4.20. The molecule has 106 valence electrons. The smallest absolute Gasteiger partial charge is 0.181 e. The minimum absolute atomic E-state index is 0.0787. The molecule has 0 unspecified atom stereocenters. The summed E-state index contributed by atoms with van der Waals surface area (Å²) in [6, 6.07) is 16.2. The zero-order chi connectivity index (χ0) is 14.5. The normalized spacial score (nSPS) is 10.7. The zero-order valence-corrected chi connectivity index (χ0v) is 12.2. The Morgan fingerprint density at radius 3 is 2.71 bits per heavy atom. The second-order valence-electron chi connectivity index (χ2n) is 4.66. The predicted octanol–water partition coefficient (Wildman–Crippen LogP) is 4.13. The van der Waals surface area contributed by atoms with Crippen molar-refractivity contribution in [2.45, 2.75) is 17.3 Å². The van der Waals surface area contributed by atoms with Gasteiger partial charge in [0.2, 0.25) is 0 Å². The highest BCUT2D eigenvalue weighted by Crippen LogP contribution is 2.26. The number of hydrogen-bond donors (Lipinski definition) is 1. The molecular weight excluding hydrogens is 282 g/mol. The van der Waals surface area contributed by atoms with Gasteiger partial charge in [-0.1, -0.05) is 30.3 Å². The Kier molecular flexibility index (Phi) is 4.38. The molecule has 0 fully saturated rings. The summed E-state index contributed by atoms with van der Waals surface area (Å²) in [5.41, 5.74) is 3.20. The van der Waals surface area contributed by atoms with Gasteiger partial charge in [-0.3, -0.25) is 0 Å². The highest BCUT2D eigenvalue weighted by atomic mass is 32.2. The van der Waals surface area contributed by atoms with E-state index in [0.29, 0.717) is 0 Å². The predicted molar refractivity (Wildman–Crippen MR) is 83.9 cm³/mol. The van der Waals surface area contributed by atoms with E-state index in [1.165, 1.54) is 12.0 Å². The van der Waals surface area contributed by atoms with E-state index in [-0.39, 0.29) is 6.61 Å². The first-order chi connectivity index (χ1) is 10.3. The molecule has 0 aliphatic carbocycles. The second-order valence-corrected chi connectivity index (χ2v) is 5.71. The van der Waals surface area contributed by atoms with E-state index in [4.69, 9.17) is 9.52 Å². The Bertz CT molecular complexity index is 710. The lowest BCUT2D eigenvalue weighted by molar-refractivity contribution is 0.281. The summed E-state index contributed by atoms with van der Waals surface area (Å²) in [5.74, 6) is 1.65. The van der Waals surface area contributed by atoms with Gasteiger partial charge >= 0.3 is 0 Å². The molecule has 1 N–H and O–H groups in total. The van der Waals surface area contributed by atoms with Gasteiger partial charge < -0.3 is 9.52 Å². The van der Waals surface area contributed by atoms with Gasteiger partial charge in [0.05, 0.1) is 12.8 Å². The van der Waals surface area contributed by atoms with E-state index in [9.17, 15) is 0 Å². The van der Waals surface area contributed by atoms with E-state index in [2.05, 4.69) is 23.2 Å². The number of aromatic nitrogens is 1. The van der Waals surface area contributed by atoms with Gasteiger partial charge in [0.25, 0.3) is 0 Å². The number of benzene rings is 2. The molecule has 0 saturated heterocycles. The summed E-state index contributed by atoms with van der Waals surface area (Å²) in [4.78, 5) is 5.10. The molecule has 0 radical (unpaired) electrons. The average molecular weight is 297 g/mol. The van der Waals surface area contributed by atoms with Crippen LogP contribution in [0.25, 0.3) is 11.3 Å². The minimum Gasteiger partial charge on any atom is -0.444 e. The fraction of sp³-hybridized carbons (Fsp3) is 0.118. The van der Waals surface area contributed by atoms with Crippen LogP contribution in [0.5, 0.6) is 0 Å². The summed E-state index contributed by atoms with van der Waals surface area (Å²) in [6.45, 7) is 0.0787. The van der Waals surface area contributed by atoms with E-state index < -0.39 is 0 Å². The van der Waals surface area contributed by atoms with Gasteiger partial charge in [-0.2, -0.15) is 0 Å². The second kappa shape index (κ2) is 6.61. The Hall–Kier alpha value is -2.04. The first kappa shape index (κ1) is 13.9. The van der Waals surface area contributed by atoms with Crippen LogP contribution >= 0.6 is 11.8 Å². The fourth-order valence-corrected chi connectivity index (χ4v) is 3.00. The monoisotopic (exact) mass is 297 g/mol. The summed E-state index contributed by atoms with van der Waals surface area (Å²) in [7, 11) is 0. The van der Waals surface area contributed by atoms with Gasteiger partial charge in [0.15, 0.2) is 12.2 Å².